The highest BCUT2D eigenvalue weighted by atomic mass is 16.6. The van der Waals surface area contributed by atoms with E-state index in [9.17, 15) is 9.59 Å². The minimum Gasteiger partial charge on any atom is -0.491 e. The van der Waals surface area contributed by atoms with Crippen LogP contribution in [0.1, 0.15) is 78.1 Å². The minimum absolute atomic E-state index is 0.110. The molecule has 1 aromatic rings. The first-order valence-electron chi connectivity index (χ1n) is 21.0. The molecule has 0 heterocycles. The van der Waals surface area contributed by atoms with Gasteiger partial charge in [0.15, 0.2) is 0 Å². The van der Waals surface area contributed by atoms with Crippen LogP contribution in [-0.4, -0.2) is 157 Å². The number of nitrogens with one attached hydrogen (secondary N) is 1. The second-order valence-electron chi connectivity index (χ2n) is 13.0. The number of hydrogen-bond acceptors (Lipinski definition) is 14. The molecule has 0 saturated heterocycles. The summed E-state index contributed by atoms with van der Waals surface area (Å²) >= 11 is 0. The van der Waals surface area contributed by atoms with E-state index >= 15 is 0 Å². The Kier molecular flexibility index (Phi) is 39.8. The first-order valence-corrected chi connectivity index (χ1v) is 21.0. The van der Waals surface area contributed by atoms with Crippen molar-refractivity contribution in [3.05, 3.63) is 24.3 Å². The highest BCUT2D eigenvalue weighted by molar-refractivity contribution is 5.88. The zero-order valence-electron chi connectivity index (χ0n) is 35.2. The fourth-order valence-corrected chi connectivity index (χ4v) is 5.00. The summed E-state index contributed by atoms with van der Waals surface area (Å²) in [6.07, 6.45) is 11.6. The molecule has 0 aliphatic heterocycles. The van der Waals surface area contributed by atoms with Crippen LogP contribution < -0.4 is 10.1 Å². The van der Waals surface area contributed by atoms with Crippen molar-refractivity contribution in [3.63, 3.8) is 0 Å². The average Bonchev–Trinajstić information content (AvgIpc) is 3.20. The summed E-state index contributed by atoms with van der Waals surface area (Å²) in [4.78, 5) is 22.9. The number of benzene rings is 1. The lowest BCUT2D eigenvalue weighted by Gasteiger charge is -2.09. The van der Waals surface area contributed by atoms with Gasteiger partial charge in [0.1, 0.15) is 19.0 Å². The first kappa shape index (κ1) is 52.6. The van der Waals surface area contributed by atoms with Gasteiger partial charge in [-0.05, 0) is 30.7 Å². The topological polar surface area (TPSA) is 157 Å². The molecule has 15 heteroatoms. The molecule has 57 heavy (non-hydrogen) atoms. The Morgan fingerprint density at radius 1 is 0.421 bits per heavy atom. The predicted molar refractivity (Wildman–Crippen MR) is 217 cm³/mol. The molecule has 0 aliphatic rings. The summed E-state index contributed by atoms with van der Waals surface area (Å²) in [5.41, 5.74) is 0.729. The fourth-order valence-electron chi connectivity index (χ4n) is 5.00. The maximum atomic E-state index is 11.8. The zero-order valence-corrected chi connectivity index (χ0v) is 35.2. The van der Waals surface area contributed by atoms with Gasteiger partial charge in [-0.2, -0.15) is 0 Å². The number of hydrogen-bond donors (Lipinski definition) is 1. The summed E-state index contributed by atoms with van der Waals surface area (Å²) < 4.78 is 65.7. The van der Waals surface area contributed by atoms with Crippen LogP contribution in [0.2, 0.25) is 0 Å². The van der Waals surface area contributed by atoms with Crippen LogP contribution in [-0.2, 0) is 61.7 Å². The zero-order chi connectivity index (χ0) is 41.0. The maximum absolute atomic E-state index is 11.8. The first-order chi connectivity index (χ1) is 28.1. The Morgan fingerprint density at radius 2 is 0.737 bits per heavy atom. The molecule has 0 fully saturated rings. The molecule has 0 aliphatic carbocycles. The normalized spacial score (nSPS) is 11.3. The number of ether oxygens (including phenoxy) is 12. The molecule has 0 spiro atoms. The van der Waals surface area contributed by atoms with Crippen molar-refractivity contribution >= 4 is 17.6 Å². The molecule has 332 valence electrons. The van der Waals surface area contributed by atoms with Crippen molar-refractivity contribution in [2.24, 2.45) is 0 Å². The van der Waals surface area contributed by atoms with Crippen LogP contribution in [0.3, 0.4) is 0 Å². The summed E-state index contributed by atoms with van der Waals surface area (Å²) in [6.45, 7) is 13.9. The molecule has 15 nitrogen and oxygen atoms in total. The van der Waals surface area contributed by atoms with Crippen LogP contribution in [0.5, 0.6) is 5.75 Å². The third-order valence-corrected chi connectivity index (χ3v) is 7.99. The molecular weight excluding hydrogens is 742 g/mol. The van der Waals surface area contributed by atoms with Crippen LogP contribution in [0.15, 0.2) is 24.3 Å². The summed E-state index contributed by atoms with van der Waals surface area (Å²) in [5, 5.41) is 2.71. The SMILES string of the molecule is CCCCCCCCCCCC(=O)OCCOCCOCCOCCOCCOCCOCCOCCOCCOCCOCCOc1ccc(NC(C)=O)cc1. The van der Waals surface area contributed by atoms with Gasteiger partial charge in [0.05, 0.1) is 132 Å². The van der Waals surface area contributed by atoms with Gasteiger partial charge in [0.2, 0.25) is 5.91 Å². The van der Waals surface area contributed by atoms with Gasteiger partial charge >= 0.3 is 5.97 Å². The summed E-state index contributed by atoms with van der Waals surface area (Å²) in [7, 11) is 0. The fraction of sp³-hybridized carbons (Fsp3) is 0.810. The standard InChI is InChI=1S/C42H75NO14/c1-3-4-5-6-7-8-9-10-11-12-42(45)57-38-36-55-34-32-53-30-28-51-26-24-49-22-20-47-18-17-46-19-21-48-23-25-50-27-29-52-31-33-54-35-37-56-41-15-13-40(14-16-41)43-39(2)44/h13-16H,3-12,17-38H2,1-2H3,(H,43,44). The molecule has 0 bridgehead atoms. The van der Waals surface area contributed by atoms with E-state index in [0.29, 0.717) is 151 Å². The maximum Gasteiger partial charge on any atom is 0.305 e. The lowest BCUT2D eigenvalue weighted by Crippen LogP contribution is -2.15. The van der Waals surface area contributed by atoms with Crippen molar-refractivity contribution in [2.45, 2.75) is 78.1 Å². The monoisotopic (exact) mass is 818 g/mol. The molecule has 1 aromatic carbocycles. The Morgan fingerprint density at radius 3 is 1.09 bits per heavy atom. The summed E-state index contributed by atoms with van der Waals surface area (Å²) in [6, 6.07) is 7.17. The van der Waals surface area contributed by atoms with E-state index in [1.807, 2.05) is 0 Å². The van der Waals surface area contributed by atoms with E-state index < -0.39 is 0 Å². The predicted octanol–water partition coefficient (Wildman–Crippen LogP) is 5.65. The van der Waals surface area contributed by atoms with Gasteiger partial charge in [-0.3, -0.25) is 9.59 Å². The quantitative estimate of drug-likeness (QED) is 0.0636. The molecule has 1 N–H and O–H groups in total. The Hall–Kier alpha value is -2.44. The number of anilines is 1. The van der Waals surface area contributed by atoms with E-state index in [4.69, 9.17) is 56.8 Å². The van der Waals surface area contributed by atoms with Crippen molar-refractivity contribution in [3.8, 4) is 5.75 Å². The van der Waals surface area contributed by atoms with Crippen LogP contribution in [0, 0.1) is 0 Å². The highest BCUT2D eigenvalue weighted by Gasteiger charge is 2.03. The Labute approximate surface area is 342 Å². The smallest absolute Gasteiger partial charge is 0.305 e. The minimum atomic E-state index is -0.140. The largest absolute Gasteiger partial charge is 0.491 e. The van der Waals surface area contributed by atoms with Crippen molar-refractivity contribution in [2.75, 3.05) is 151 Å². The number of unbranched alkanes of at least 4 members (excludes halogenated alkanes) is 8. The lowest BCUT2D eigenvalue weighted by atomic mass is 10.1. The number of carbonyl (C=O) groups is 2. The second-order valence-corrected chi connectivity index (χ2v) is 13.0. The van der Waals surface area contributed by atoms with E-state index in [2.05, 4.69) is 12.2 Å². The van der Waals surface area contributed by atoms with Crippen LogP contribution in [0.4, 0.5) is 5.69 Å². The highest BCUT2D eigenvalue weighted by Crippen LogP contribution is 2.15. The molecule has 0 radical (unpaired) electrons. The lowest BCUT2D eigenvalue weighted by molar-refractivity contribution is -0.145. The third kappa shape index (κ3) is 40.1. The molecular formula is C42H75NO14. The Bertz CT molecular complexity index is 1000. The van der Waals surface area contributed by atoms with E-state index in [-0.39, 0.29) is 18.5 Å². The number of carbonyl (C=O) groups excluding carboxylic acids is 2. The number of amides is 1. The van der Waals surface area contributed by atoms with Gasteiger partial charge in [-0.25, -0.2) is 0 Å². The average molecular weight is 818 g/mol. The summed E-state index contributed by atoms with van der Waals surface area (Å²) in [5.74, 6) is 0.464. The number of esters is 1. The van der Waals surface area contributed by atoms with Crippen molar-refractivity contribution in [1.82, 2.24) is 0 Å². The van der Waals surface area contributed by atoms with Gasteiger partial charge in [0, 0.05) is 19.0 Å². The van der Waals surface area contributed by atoms with Gasteiger partial charge in [-0.15, -0.1) is 0 Å². The van der Waals surface area contributed by atoms with E-state index in [0.717, 1.165) is 18.5 Å². The second kappa shape index (κ2) is 43.1. The van der Waals surface area contributed by atoms with E-state index in [1.165, 1.54) is 51.9 Å². The number of rotatable bonds is 45. The molecule has 0 unspecified atom stereocenters. The molecule has 0 saturated carbocycles. The molecule has 1 amide bonds. The van der Waals surface area contributed by atoms with E-state index in [1.54, 1.807) is 24.3 Å². The molecule has 0 aromatic heterocycles. The third-order valence-electron chi connectivity index (χ3n) is 7.99. The van der Waals surface area contributed by atoms with Gasteiger partial charge in [0.25, 0.3) is 0 Å². The van der Waals surface area contributed by atoms with Crippen LogP contribution >= 0.6 is 0 Å². The van der Waals surface area contributed by atoms with Crippen LogP contribution in [0.25, 0.3) is 0 Å². The van der Waals surface area contributed by atoms with Gasteiger partial charge < -0.3 is 62.2 Å². The van der Waals surface area contributed by atoms with Crippen molar-refractivity contribution < 1.29 is 66.4 Å². The Balaban J connectivity index is 1.65. The van der Waals surface area contributed by atoms with Gasteiger partial charge in [-0.1, -0.05) is 58.3 Å². The molecule has 0 atom stereocenters. The molecule has 1 rings (SSSR count). The van der Waals surface area contributed by atoms with Crippen molar-refractivity contribution in [1.29, 1.82) is 0 Å².